The third-order valence-electron chi connectivity index (χ3n) is 4.48. The van der Waals surface area contributed by atoms with Crippen LogP contribution in [-0.2, 0) is 0 Å². The molecule has 0 amide bonds. The first-order valence-corrected chi connectivity index (χ1v) is 6.38. The fraction of sp³-hybridized carbons (Fsp3) is 1.00. The highest BCUT2D eigenvalue weighted by molar-refractivity contribution is 5.01. The van der Waals surface area contributed by atoms with Gasteiger partial charge in [-0.25, -0.2) is 0 Å². The maximum atomic E-state index is 3.88. The largest absolute Gasteiger partial charge is 0.309 e. The zero-order chi connectivity index (χ0) is 9.54. The second kappa shape index (κ2) is 3.49. The zero-order valence-electron chi connectivity index (χ0n) is 9.21. The number of rotatable bonds is 3. The summed E-state index contributed by atoms with van der Waals surface area (Å²) in [6.07, 6.45) is 7.10. The van der Waals surface area contributed by atoms with Crippen molar-refractivity contribution < 1.29 is 0 Å². The van der Waals surface area contributed by atoms with Crippen LogP contribution in [0.1, 0.15) is 39.0 Å². The van der Waals surface area contributed by atoms with E-state index in [0.29, 0.717) is 0 Å². The van der Waals surface area contributed by atoms with E-state index in [1.807, 2.05) is 0 Å². The Bertz CT molecular complexity index is 216. The molecule has 0 aromatic rings. The Hall–Kier alpha value is -0.0800. The van der Waals surface area contributed by atoms with E-state index in [9.17, 15) is 0 Å². The van der Waals surface area contributed by atoms with Gasteiger partial charge in [0.2, 0.25) is 0 Å². The summed E-state index contributed by atoms with van der Waals surface area (Å²) < 4.78 is 0. The van der Waals surface area contributed by atoms with Crippen molar-refractivity contribution in [3.05, 3.63) is 0 Å². The Labute approximate surface area is 87.0 Å². The minimum absolute atomic E-state index is 0.832. The van der Waals surface area contributed by atoms with Crippen molar-refractivity contribution in [2.45, 2.75) is 57.2 Å². The standard InChI is InChI=1S/C12H22N2/c1-2-9-8-11(9)13-10-5-7-14-6-3-4-12(10)14/h9-13H,2-8H2,1H3. The molecule has 4 atom stereocenters. The van der Waals surface area contributed by atoms with Gasteiger partial charge in [-0.15, -0.1) is 0 Å². The predicted molar refractivity (Wildman–Crippen MR) is 58.3 cm³/mol. The molecule has 0 spiro atoms. The molecule has 2 nitrogen and oxygen atoms in total. The van der Waals surface area contributed by atoms with Gasteiger partial charge in [0.1, 0.15) is 0 Å². The lowest BCUT2D eigenvalue weighted by molar-refractivity contribution is 0.297. The van der Waals surface area contributed by atoms with Gasteiger partial charge in [0.05, 0.1) is 0 Å². The van der Waals surface area contributed by atoms with Crippen molar-refractivity contribution in [1.29, 1.82) is 0 Å². The van der Waals surface area contributed by atoms with E-state index in [1.165, 1.54) is 45.2 Å². The highest BCUT2D eigenvalue weighted by atomic mass is 15.2. The average Bonchev–Trinajstić information content (AvgIpc) is 2.58. The summed E-state index contributed by atoms with van der Waals surface area (Å²) in [5.41, 5.74) is 0. The van der Waals surface area contributed by atoms with Gasteiger partial charge in [-0.2, -0.15) is 0 Å². The topological polar surface area (TPSA) is 15.3 Å². The molecule has 1 aliphatic carbocycles. The Balaban J connectivity index is 1.54. The lowest BCUT2D eigenvalue weighted by Crippen LogP contribution is -2.40. The molecule has 0 radical (unpaired) electrons. The molecule has 4 unspecified atom stereocenters. The van der Waals surface area contributed by atoms with Crippen LogP contribution in [0.5, 0.6) is 0 Å². The van der Waals surface area contributed by atoms with Crippen LogP contribution in [0.25, 0.3) is 0 Å². The first kappa shape index (κ1) is 9.17. The summed E-state index contributed by atoms with van der Waals surface area (Å²) in [5.74, 6) is 1.01. The van der Waals surface area contributed by atoms with Crippen molar-refractivity contribution in [2.75, 3.05) is 13.1 Å². The predicted octanol–water partition coefficient (Wildman–Crippen LogP) is 1.61. The first-order chi connectivity index (χ1) is 6.88. The van der Waals surface area contributed by atoms with E-state index in [-0.39, 0.29) is 0 Å². The minimum Gasteiger partial charge on any atom is -0.309 e. The van der Waals surface area contributed by atoms with Gasteiger partial charge in [0.15, 0.2) is 0 Å². The number of nitrogens with one attached hydrogen (secondary N) is 1. The number of hydrogen-bond donors (Lipinski definition) is 1. The molecular weight excluding hydrogens is 172 g/mol. The van der Waals surface area contributed by atoms with Gasteiger partial charge in [0.25, 0.3) is 0 Å². The van der Waals surface area contributed by atoms with Crippen molar-refractivity contribution in [3.8, 4) is 0 Å². The van der Waals surface area contributed by atoms with Crippen molar-refractivity contribution >= 4 is 0 Å². The summed E-state index contributed by atoms with van der Waals surface area (Å²) >= 11 is 0. The van der Waals surface area contributed by atoms with Gasteiger partial charge in [-0.3, -0.25) is 4.90 Å². The Morgan fingerprint density at radius 3 is 2.93 bits per heavy atom. The normalized spacial score (nSPS) is 46.9. The summed E-state index contributed by atoms with van der Waals surface area (Å²) in [6, 6.07) is 2.61. The number of fused-ring (bicyclic) bond motifs is 1. The second-order valence-corrected chi connectivity index (χ2v) is 5.32. The lowest BCUT2D eigenvalue weighted by Gasteiger charge is -2.21. The summed E-state index contributed by atoms with van der Waals surface area (Å²) in [6.45, 7) is 5.04. The molecule has 0 aromatic carbocycles. The molecule has 2 saturated heterocycles. The van der Waals surface area contributed by atoms with Crippen LogP contribution in [0.2, 0.25) is 0 Å². The molecule has 0 bridgehead atoms. The van der Waals surface area contributed by atoms with Gasteiger partial charge < -0.3 is 5.32 Å². The Morgan fingerprint density at radius 2 is 2.14 bits per heavy atom. The molecule has 3 aliphatic rings. The maximum Gasteiger partial charge on any atom is 0.0250 e. The number of nitrogens with zero attached hydrogens (tertiary/aromatic N) is 1. The van der Waals surface area contributed by atoms with Crippen LogP contribution in [0.4, 0.5) is 0 Å². The molecule has 1 saturated carbocycles. The molecule has 3 fully saturated rings. The molecule has 80 valence electrons. The highest BCUT2D eigenvalue weighted by Gasteiger charge is 2.42. The van der Waals surface area contributed by atoms with Crippen LogP contribution < -0.4 is 5.32 Å². The third kappa shape index (κ3) is 1.49. The summed E-state index contributed by atoms with van der Waals surface area (Å²) in [4.78, 5) is 2.70. The highest BCUT2D eigenvalue weighted by Crippen LogP contribution is 2.36. The molecule has 3 rings (SSSR count). The zero-order valence-corrected chi connectivity index (χ0v) is 9.21. The van der Waals surface area contributed by atoms with Crippen LogP contribution in [0.3, 0.4) is 0 Å². The van der Waals surface area contributed by atoms with E-state index in [1.54, 1.807) is 0 Å². The van der Waals surface area contributed by atoms with Crippen LogP contribution in [-0.4, -0.2) is 36.1 Å². The molecule has 1 N–H and O–H groups in total. The molecule has 2 aliphatic heterocycles. The van der Waals surface area contributed by atoms with Gasteiger partial charge >= 0.3 is 0 Å². The maximum absolute atomic E-state index is 3.88. The van der Waals surface area contributed by atoms with Crippen molar-refractivity contribution in [1.82, 2.24) is 10.2 Å². The Morgan fingerprint density at radius 1 is 1.21 bits per heavy atom. The van der Waals surface area contributed by atoms with Crippen LogP contribution in [0.15, 0.2) is 0 Å². The molecule has 2 heteroatoms. The SMILES string of the molecule is CCC1CC1NC1CCN2CCCC12. The van der Waals surface area contributed by atoms with Gasteiger partial charge in [0, 0.05) is 24.7 Å². The molecular formula is C12H22N2. The van der Waals surface area contributed by atoms with Gasteiger partial charge in [-0.05, 0) is 38.1 Å². The summed E-state index contributed by atoms with van der Waals surface area (Å²) in [7, 11) is 0. The molecule has 2 heterocycles. The number of hydrogen-bond acceptors (Lipinski definition) is 2. The fourth-order valence-corrected chi connectivity index (χ4v) is 3.45. The van der Waals surface area contributed by atoms with Crippen LogP contribution >= 0.6 is 0 Å². The average molecular weight is 194 g/mol. The van der Waals surface area contributed by atoms with E-state index < -0.39 is 0 Å². The van der Waals surface area contributed by atoms with E-state index in [0.717, 1.165) is 24.0 Å². The third-order valence-corrected chi connectivity index (χ3v) is 4.48. The first-order valence-electron chi connectivity index (χ1n) is 6.38. The fourth-order valence-electron chi connectivity index (χ4n) is 3.45. The van der Waals surface area contributed by atoms with E-state index in [2.05, 4.69) is 17.1 Å². The van der Waals surface area contributed by atoms with Gasteiger partial charge in [-0.1, -0.05) is 13.3 Å². The molecule has 0 aromatic heterocycles. The lowest BCUT2D eigenvalue weighted by atomic mass is 10.1. The smallest absolute Gasteiger partial charge is 0.0250 e. The second-order valence-electron chi connectivity index (χ2n) is 5.32. The van der Waals surface area contributed by atoms with Crippen LogP contribution in [0, 0.1) is 5.92 Å². The Kier molecular flexibility index (Phi) is 2.29. The van der Waals surface area contributed by atoms with E-state index in [4.69, 9.17) is 0 Å². The quantitative estimate of drug-likeness (QED) is 0.734. The van der Waals surface area contributed by atoms with E-state index >= 15 is 0 Å². The molecule has 14 heavy (non-hydrogen) atoms. The monoisotopic (exact) mass is 194 g/mol. The summed E-state index contributed by atoms with van der Waals surface area (Å²) in [5, 5.41) is 3.88. The minimum atomic E-state index is 0.832. The van der Waals surface area contributed by atoms with Crippen molar-refractivity contribution in [2.24, 2.45) is 5.92 Å². The van der Waals surface area contributed by atoms with Crippen molar-refractivity contribution in [3.63, 3.8) is 0 Å².